The summed E-state index contributed by atoms with van der Waals surface area (Å²) in [6.45, 7) is 2.92. The number of hydrogen-bond donors (Lipinski definition) is 0. The van der Waals surface area contributed by atoms with Crippen molar-refractivity contribution in [1.82, 2.24) is 15.1 Å². The summed E-state index contributed by atoms with van der Waals surface area (Å²) >= 11 is 1.35. The maximum absolute atomic E-state index is 12.8. The summed E-state index contributed by atoms with van der Waals surface area (Å²) in [5.41, 5.74) is 2.04. The number of aromatic nitrogens is 2. The Kier molecular flexibility index (Phi) is 5.29. The molecule has 2 atom stereocenters. The second-order valence-electron chi connectivity index (χ2n) is 7.32. The summed E-state index contributed by atoms with van der Waals surface area (Å²) in [7, 11) is 0. The van der Waals surface area contributed by atoms with E-state index >= 15 is 0 Å². The molecule has 1 aromatic heterocycles. The van der Waals surface area contributed by atoms with Crippen molar-refractivity contribution in [2.24, 2.45) is 5.92 Å². The van der Waals surface area contributed by atoms with Gasteiger partial charge in [-0.2, -0.15) is 0 Å². The van der Waals surface area contributed by atoms with E-state index in [4.69, 9.17) is 4.42 Å². The quantitative estimate of drug-likeness (QED) is 0.749. The average molecular weight is 372 g/mol. The number of nitrogens with zero attached hydrogens (tertiary/aromatic N) is 3. The van der Waals surface area contributed by atoms with Crippen molar-refractivity contribution in [3.8, 4) is 11.5 Å². The van der Waals surface area contributed by atoms with Crippen LogP contribution < -0.4 is 0 Å². The molecule has 2 aromatic rings. The monoisotopic (exact) mass is 371 g/mol. The lowest BCUT2D eigenvalue weighted by Crippen LogP contribution is -2.50. The van der Waals surface area contributed by atoms with Gasteiger partial charge in [0.05, 0.1) is 5.75 Å². The van der Waals surface area contributed by atoms with Crippen LogP contribution in [-0.4, -0.2) is 39.3 Å². The van der Waals surface area contributed by atoms with E-state index in [-0.39, 0.29) is 5.91 Å². The molecule has 26 heavy (non-hydrogen) atoms. The summed E-state index contributed by atoms with van der Waals surface area (Å²) in [5, 5.41) is 8.72. The van der Waals surface area contributed by atoms with Crippen LogP contribution in [0.2, 0.25) is 0 Å². The number of fused-ring (bicyclic) bond motifs is 1. The molecule has 138 valence electrons. The average Bonchev–Trinajstić information content (AvgIpc) is 3.15. The molecule has 5 nitrogen and oxygen atoms in total. The van der Waals surface area contributed by atoms with Crippen LogP contribution in [0.5, 0.6) is 0 Å². The molecule has 2 aliphatic rings. The number of piperidine rings is 1. The van der Waals surface area contributed by atoms with Crippen molar-refractivity contribution < 1.29 is 9.21 Å². The lowest BCUT2D eigenvalue weighted by Gasteiger charge is -2.44. The summed E-state index contributed by atoms with van der Waals surface area (Å²) in [4.78, 5) is 14.9. The zero-order valence-electron chi connectivity index (χ0n) is 15.2. The molecular formula is C20H25N3O2S. The molecule has 0 radical (unpaired) electrons. The normalized spacial score (nSPS) is 22.9. The van der Waals surface area contributed by atoms with E-state index in [1.54, 1.807) is 0 Å². The minimum absolute atomic E-state index is 0.210. The van der Waals surface area contributed by atoms with Gasteiger partial charge in [0.2, 0.25) is 11.8 Å². The molecule has 4 rings (SSSR count). The highest BCUT2D eigenvalue weighted by Gasteiger charge is 2.35. The fourth-order valence-corrected chi connectivity index (χ4v) is 4.98. The molecular weight excluding hydrogens is 346 g/mol. The van der Waals surface area contributed by atoms with Gasteiger partial charge in [-0.1, -0.05) is 42.8 Å². The number of carbonyl (C=O) groups is 1. The summed E-state index contributed by atoms with van der Waals surface area (Å²) in [6, 6.07) is 8.39. The molecule has 1 aliphatic heterocycles. The van der Waals surface area contributed by atoms with Crippen molar-refractivity contribution in [3.63, 3.8) is 0 Å². The van der Waals surface area contributed by atoms with Gasteiger partial charge >= 0.3 is 0 Å². The molecule has 6 heteroatoms. The van der Waals surface area contributed by atoms with Gasteiger partial charge in [-0.15, -0.1) is 10.2 Å². The fourth-order valence-electron chi connectivity index (χ4n) is 4.33. The Labute approximate surface area is 158 Å². The Hall–Kier alpha value is -1.82. The van der Waals surface area contributed by atoms with Gasteiger partial charge in [-0.05, 0) is 50.2 Å². The maximum Gasteiger partial charge on any atom is 0.277 e. The van der Waals surface area contributed by atoms with Crippen LogP contribution in [0.15, 0.2) is 33.9 Å². The van der Waals surface area contributed by atoms with Crippen molar-refractivity contribution in [3.05, 3.63) is 29.8 Å². The van der Waals surface area contributed by atoms with Crippen LogP contribution in [-0.2, 0) is 4.79 Å². The highest BCUT2D eigenvalue weighted by atomic mass is 32.2. The predicted molar refractivity (Wildman–Crippen MR) is 102 cm³/mol. The topological polar surface area (TPSA) is 59.2 Å². The molecule has 0 bridgehead atoms. The van der Waals surface area contributed by atoms with E-state index in [0.717, 1.165) is 24.1 Å². The maximum atomic E-state index is 12.8. The SMILES string of the molecule is Cc1ccccc1-c1nnc(SCC(=O)N2CCCC3CCCCC32)o1. The summed E-state index contributed by atoms with van der Waals surface area (Å²) in [6.07, 6.45) is 7.44. The molecule has 1 saturated heterocycles. The first-order valence-electron chi connectivity index (χ1n) is 9.54. The van der Waals surface area contributed by atoms with Gasteiger partial charge in [0.25, 0.3) is 5.22 Å². The zero-order chi connectivity index (χ0) is 17.9. The number of rotatable bonds is 4. The van der Waals surface area contributed by atoms with E-state index in [1.807, 2.05) is 31.2 Å². The van der Waals surface area contributed by atoms with E-state index in [9.17, 15) is 4.79 Å². The van der Waals surface area contributed by atoms with Crippen LogP contribution in [0.3, 0.4) is 0 Å². The highest BCUT2D eigenvalue weighted by Crippen LogP contribution is 2.35. The molecule has 0 spiro atoms. The van der Waals surface area contributed by atoms with E-state index in [2.05, 4.69) is 15.1 Å². The number of thioether (sulfide) groups is 1. The Bertz CT molecular complexity index is 774. The zero-order valence-corrected chi connectivity index (χ0v) is 16.0. The minimum atomic E-state index is 0.210. The summed E-state index contributed by atoms with van der Waals surface area (Å²) < 4.78 is 5.76. The molecule has 2 unspecified atom stereocenters. The molecule has 1 saturated carbocycles. The number of carbonyl (C=O) groups excluding carboxylic acids is 1. The number of amides is 1. The number of likely N-dealkylation sites (tertiary alicyclic amines) is 1. The summed E-state index contributed by atoms with van der Waals surface area (Å²) in [5.74, 6) is 1.81. The lowest BCUT2D eigenvalue weighted by atomic mass is 9.78. The lowest BCUT2D eigenvalue weighted by molar-refractivity contribution is -0.134. The third-order valence-corrected chi connectivity index (χ3v) is 6.47. The Morgan fingerprint density at radius 1 is 1.19 bits per heavy atom. The van der Waals surface area contributed by atoms with Gasteiger partial charge in [0.15, 0.2) is 0 Å². The van der Waals surface area contributed by atoms with Crippen LogP contribution >= 0.6 is 11.8 Å². The second kappa shape index (κ2) is 7.82. The number of hydrogen-bond acceptors (Lipinski definition) is 5. The van der Waals surface area contributed by atoms with Crippen molar-refractivity contribution >= 4 is 17.7 Å². The molecule has 2 fully saturated rings. The molecule has 1 aliphatic carbocycles. The van der Waals surface area contributed by atoms with Gasteiger partial charge in [-0.3, -0.25) is 4.79 Å². The largest absolute Gasteiger partial charge is 0.411 e. The Morgan fingerprint density at radius 2 is 2.00 bits per heavy atom. The highest BCUT2D eigenvalue weighted by molar-refractivity contribution is 7.99. The van der Waals surface area contributed by atoms with Crippen molar-refractivity contribution in [2.75, 3.05) is 12.3 Å². The molecule has 0 N–H and O–H groups in total. The standard InChI is InChI=1S/C20H25N3O2S/c1-14-7-2-4-10-16(14)19-21-22-20(25-19)26-13-18(24)23-12-6-9-15-8-3-5-11-17(15)23/h2,4,7,10,15,17H,3,5-6,8-9,11-13H2,1H3. The molecule has 1 amide bonds. The van der Waals surface area contributed by atoms with Crippen molar-refractivity contribution in [2.45, 2.75) is 56.7 Å². The van der Waals surface area contributed by atoms with Crippen LogP contribution in [0, 0.1) is 12.8 Å². The van der Waals surface area contributed by atoms with Crippen LogP contribution in [0.25, 0.3) is 11.5 Å². The third-order valence-electron chi connectivity index (χ3n) is 5.66. The number of benzene rings is 1. The van der Waals surface area contributed by atoms with E-state index < -0.39 is 0 Å². The smallest absolute Gasteiger partial charge is 0.277 e. The van der Waals surface area contributed by atoms with Gasteiger partial charge < -0.3 is 9.32 Å². The second-order valence-corrected chi connectivity index (χ2v) is 8.24. The minimum Gasteiger partial charge on any atom is -0.411 e. The number of aryl methyl sites for hydroxylation is 1. The van der Waals surface area contributed by atoms with Crippen LogP contribution in [0.4, 0.5) is 0 Å². The van der Waals surface area contributed by atoms with Crippen molar-refractivity contribution in [1.29, 1.82) is 0 Å². The first kappa shape index (κ1) is 17.6. The fraction of sp³-hybridized carbons (Fsp3) is 0.550. The Balaban J connectivity index is 1.38. The van der Waals surface area contributed by atoms with E-state index in [1.165, 1.54) is 43.9 Å². The van der Waals surface area contributed by atoms with Gasteiger partial charge in [0, 0.05) is 18.2 Å². The first-order chi connectivity index (χ1) is 12.7. The molecule has 1 aromatic carbocycles. The van der Waals surface area contributed by atoms with Crippen LogP contribution in [0.1, 0.15) is 44.1 Å². The first-order valence-corrected chi connectivity index (χ1v) is 10.5. The van der Waals surface area contributed by atoms with Gasteiger partial charge in [0.1, 0.15) is 0 Å². The molecule has 2 heterocycles. The third kappa shape index (κ3) is 3.65. The predicted octanol–water partition coefficient (Wildman–Crippen LogP) is 4.32. The van der Waals surface area contributed by atoms with Gasteiger partial charge in [-0.25, -0.2) is 0 Å². The van der Waals surface area contributed by atoms with E-state index in [0.29, 0.717) is 28.8 Å². The Morgan fingerprint density at radius 3 is 2.88 bits per heavy atom.